The molecule has 118 valence electrons. The molecule has 0 aliphatic carbocycles. The van der Waals surface area contributed by atoms with Crippen molar-refractivity contribution in [1.29, 1.82) is 0 Å². The first-order valence-corrected chi connectivity index (χ1v) is 8.31. The van der Waals surface area contributed by atoms with Crippen molar-refractivity contribution in [2.24, 2.45) is 5.92 Å². The number of nitrogens with zero attached hydrogens (tertiary/aromatic N) is 1. The molecule has 0 spiro atoms. The van der Waals surface area contributed by atoms with Crippen LogP contribution in [0.5, 0.6) is 0 Å². The van der Waals surface area contributed by atoms with Crippen LogP contribution in [-0.2, 0) is 11.3 Å². The Kier molecular flexibility index (Phi) is 7.20. The Morgan fingerprint density at radius 3 is 2.86 bits per heavy atom. The van der Waals surface area contributed by atoms with Crippen molar-refractivity contribution in [1.82, 2.24) is 10.2 Å². The summed E-state index contributed by atoms with van der Waals surface area (Å²) in [5.41, 5.74) is 1.42. The minimum absolute atomic E-state index is 0.638. The Labute approximate surface area is 129 Å². The van der Waals surface area contributed by atoms with Crippen LogP contribution < -0.4 is 5.32 Å². The SMILES string of the molecule is CC(C)COCCCNC1CCN(Cc2ccccc2)C1. The molecule has 2 rings (SSSR count). The Balaban J connectivity index is 1.54. The average molecular weight is 290 g/mol. The predicted octanol–water partition coefficient (Wildman–Crippen LogP) is 2.91. The van der Waals surface area contributed by atoms with Gasteiger partial charge in [-0.3, -0.25) is 4.90 Å². The van der Waals surface area contributed by atoms with E-state index in [0.29, 0.717) is 12.0 Å². The molecule has 0 amide bonds. The summed E-state index contributed by atoms with van der Waals surface area (Å²) < 4.78 is 5.61. The van der Waals surface area contributed by atoms with Gasteiger partial charge in [-0.2, -0.15) is 0 Å². The van der Waals surface area contributed by atoms with Gasteiger partial charge in [-0.25, -0.2) is 0 Å². The minimum atomic E-state index is 0.638. The molecule has 21 heavy (non-hydrogen) atoms. The van der Waals surface area contributed by atoms with Gasteiger partial charge < -0.3 is 10.1 Å². The normalized spacial score (nSPS) is 19.5. The number of hydrogen-bond donors (Lipinski definition) is 1. The summed E-state index contributed by atoms with van der Waals surface area (Å²) >= 11 is 0. The third-order valence-electron chi connectivity index (χ3n) is 3.87. The number of benzene rings is 1. The lowest BCUT2D eigenvalue weighted by atomic mass is 10.2. The highest BCUT2D eigenvalue weighted by atomic mass is 16.5. The maximum absolute atomic E-state index is 5.61. The maximum Gasteiger partial charge on any atom is 0.0489 e. The molecule has 0 radical (unpaired) electrons. The third kappa shape index (κ3) is 6.60. The maximum atomic E-state index is 5.61. The zero-order valence-corrected chi connectivity index (χ0v) is 13.6. The van der Waals surface area contributed by atoms with Gasteiger partial charge in [0.1, 0.15) is 0 Å². The van der Waals surface area contributed by atoms with Crippen molar-refractivity contribution in [3.8, 4) is 0 Å². The summed E-state index contributed by atoms with van der Waals surface area (Å²) in [6.45, 7) is 10.7. The number of ether oxygens (including phenoxy) is 1. The van der Waals surface area contributed by atoms with E-state index in [-0.39, 0.29) is 0 Å². The zero-order chi connectivity index (χ0) is 14.9. The van der Waals surface area contributed by atoms with Gasteiger partial charge in [0.15, 0.2) is 0 Å². The first kappa shape index (κ1) is 16.5. The third-order valence-corrected chi connectivity index (χ3v) is 3.87. The summed E-state index contributed by atoms with van der Waals surface area (Å²) in [5, 5.41) is 3.66. The molecule has 3 nitrogen and oxygen atoms in total. The molecule has 1 aliphatic heterocycles. The fourth-order valence-corrected chi connectivity index (χ4v) is 2.78. The topological polar surface area (TPSA) is 24.5 Å². The van der Waals surface area contributed by atoms with Crippen LogP contribution in [0.3, 0.4) is 0 Å². The number of likely N-dealkylation sites (tertiary alicyclic amines) is 1. The van der Waals surface area contributed by atoms with E-state index >= 15 is 0 Å². The van der Waals surface area contributed by atoms with E-state index in [1.54, 1.807) is 0 Å². The molecule has 1 N–H and O–H groups in total. The summed E-state index contributed by atoms with van der Waals surface area (Å²) in [4.78, 5) is 2.54. The minimum Gasteiger partial charge on any atom is -0.381 e. The van der Waals surface area contributed by atoms with Crippen LogP contribution in [0.1, 0.15) is 32.3 Å². The molecule has 1 heterocycles. The van der Waals surface area contributed by atoms with Gasteiger partial charge in [0, 0.05) is 38.9 Å². The van der Waals surface area contributed by atoms with Gasteiger partial charge in [0.25, 0.3) is 0 Å². The molecule has 1 atom stereocenters. The Bertz CT molecular complexity index is 380. The molecule has 1 unspecified atom stereocenters. The van der Waals surface area contributed by atoms with Gasteiger partial charge in [-0.05, 0) is 30.9 Å². The van der Waals surface area contributed by atoms with E-state index in [2.05, 4.69) is 54.4 Å². The van der Waals surface area contributed by atoms with Crippen molar-refractivity contribution < 1.29 is 4.74 Å². The second-order valence-electron chi connectivity index (χ2n) is 6.48. The lowest BCUT2D eigenvalue weighted by Gasteiger charge is -2.17. The van der Waals surface area contributed by atoms with E-state index in [1.165, 1.54) is 25.1 Å². The fraction of sp³-hybridized carbons (Fsp3) is 0.667. The lowest BCUT2D eigenvalue weighted by molar-refractivity contribution is 0.107. The molecular weight excluding hydrogens is 260 g/mol. The smallest absolute Gasteiger partial charge is 0.0489 e. The van der Waals surface area contributed by atoms with Crippen LogP contribution in [-0.4, -0.2) is 43.8 Å². The van der Waals surface area contributed by atoms with Crippen LogP contribution in [0.25, 0.3) is 0 Å². The zero-order valence-electron chi connectivity index (χ0n) is 13.6. The first-order chi connectivity index (χ1) is 10.2. The molecule has 0 bridgehead atoms. The first-order valence-electron chi connectivity index (χ1n) is 8.31. The molecular formula is C18H30N2O. The van der Waals surface area contributed by atoms with Crippen LogP contribution in [0.4, 0.5) is 0 Å². The van der Waals surface area contributed by atoms with Crippen molar-refractivity contribution in [3.63, 3.8) is 0 Å². The van der Waals surface area contributed by atoms with E-state index in [9.17, 15) is 0 Å². The van der Waals surface area contributed by atoms with Gasteiger partial charge in [-0.15, -0.1) is 0 Å². The molecule has 0 aromatic heterocycles. The average Bonchev–Trinajstić information content (AvgIpc) is 2.91. The molecule has 1 aromatic rings. The summed E-state index contributed by atoms with van der Waals surface area (Å²) in [6.07, 6.45) is 2.38. The van der Waals surface area contributed by atoms with Crippen LogP contribution in [0.15, 0.2) is 30.3 Å². The fourth-order valence-electron chi connectivity index (χ4n) is 2.78. The second kappa shape index (κ2) is 9.19. The monoisotopic (exact) mass is 290 g/mol. The highest BCUT2D eigenvalue weighted by molar-refractivity contribution is 5.14. The Hall–Kier alpha value is -0.900. The Morgan fingerprint density at radius 1 is 1.29 bits per heavy atom. The van der Waals surface area contributed by atoms with Crippen molar-refractivity contribution in [2.45, 2.75) is 39.3 Å². The molecule has 1 fully saturated rings. The van der Waals surface area contributed by atoms with E-state index < -0.39 is 0 Å². The molecule has 3 heteroatoms. The van der Waals surface area contributed by atoms with E-state index in [0.717, 1.165) is 32.7 Å². The number of rotatable bonds is 9. The summed E-state index contributed by atoms with van der Waals surface area (Å²) in [7, 11) is 0. The Morgan fingerprint density at radius 2 is 2.10 bits per heavy atom. The highest BCUT2D eigenvalue weighted by Gasteiger charge is 2.21. The predicted molar refractivity (Wildman–Crippen MR) is 88.4 cm³/mol. The molecule has 1 saturated heterocycles. The lowest BCUT2D eigenvalue weighted by Crippen LogP contribution is -2.33. The van der Waals surface area contributed by atoms with Crippen molar-refractivity contribution in [3.05, 3.63) is 35.9 Å². The van der Waals surface area contributed by atoms with Crippen molar-refractivity contribution >= 4 is 0 Å². The van der Waals surface area contributed by atoms with Gasteiger partial charge in [-0.1, -0.05) is 44.2 Å². The quantitative estimate of drug-likeness (QED) is 0.708. The number of nitrogens with one attached hydrogen (secondary N) is 1. The van der Waals surface area contributed by atoms with Gasteiger partial charge >= 0.3 is 0 Å². The largest absolute Gasteiger partial charge is 0.381 e. The standard InChI is InChI=1S/C18H30N2O/c1-16(2)15-21-12-6-10-19-18-9-11-20(14-18)13-17-7-4-3-5-8-17/h3-5,7-8,16,18-19H,6,9-15H2,1-2H3. The highest BCUT2D eigenvalue weighted by Crippen LogP contribution is 2.13. The van der Waals surface area contributed by atoms with Gasteiger partial charge in [0.05, 0.1) is 0 Å². The van der Waals surface area contributed by atoms with Crippen LogP contribution in [0.2, 0.25) is 0 Å². The molecule has 0 saturated carbocycles. The molecule has 1 aromatic carbocycles. The summed E-state index contributed by atoms with van der Waals surface area (Å²) in [5.74, 6) is 0.638. The van der Waals surface area contributed by atoms with Gasteiger partial charge in [0.2, 0.25) is 0 Å². The van der Waals surface area contributed by atoms with E-state index in [1.807, 2.05) is 0 Å². The second-order valence-corrected chi connectivity index (χ2v) is 6.48. The van der Waals surface area contributed by atoms with Crippen LogP contribution >= 0.6 is 0 Å². The van der Waals surface area contributed by atoms with Crippen LogP contribution in [0, 0.1) is 5.92 Å². The number of hydrogen-bond acceptors (Lipinski definition) is 3. The molecule has 1 aliphatic rings. The van der Waals surface area contributed by atoms with E-state index in [4.69, 9.17) is 4.74 Å². The van der Waals surface area contributed by atoms with Crippen molar-refractivity contribution in [2.75, 3.05) is 32.8 Å². The summed E-state index contributed by atoms with van der Waals surface area (Å²) in [6, 6.07) is 11.4.